The highest BCUT2D eigenvalue weighted by atomic mass is 127. The Kier molecular flexibility index (Phi) is 11.5. The SMILES string of the molecule is CCCNC(=O)[C@H](CC)N(Cc1c(Cl)cccc1Cl)C(=O)CN(c1ccc(I)cc1)S(=O)(=O)c1ccccc1. The molecular formula is C28H30Cl2IN3O4S. The van der Waals surface area contributed by atoms with Crippen molar-refractivity contribution < 1.29 is 18.0 Å². The van der Waals surface area contributed by atoms with Gasteiger partial charge in [0, 0.05) is 32.3 Å². The topological polar surface area (TPSA) is 86.8 Å². The van der Waals surface area contributed by atoms with E-state index in [9.17, 15) is 18.0 Å². The maximum absolute atomic E-state index is 14.0. The Hall–Kier alpha value is -2.34. The van der Waals surface area contributed by atoms with E-state index in [0.29, 0.717) is 34.3 Å². The Morgan fingerprint density at radius 2 is 1.54 bits per heavy atom. The summed E-state index contributed by atoms with van der Waals surface area (Å²) >= 11 is 15.0. The molecule has 0 fully saturated rings. The molecule has 0 spiro atoms. The number of nitrogens with zero attached hydrogens (tertiary/aromatic N) is 2. The van der Waals surface area contributed by atoms with Crippen LogP contribution < -0.4 is 9.62 Å². The van der Waals surface area contributed by atoms with Gasteiger partial charge in [0.2, 0.25) is 11.8 Å². The minimum atomic E-state index is -4.12. The van der Waals surface area contributed by atoms with E-state index < -0.39 is 28.5 Å². The van der Waals surface area contributed by atoms with Gasteiger partial charge in [-0.2, -0.15) is 0 Å². The van der Waals surface area contributed by atoms with Gasteiger partial charge < -0.3 is 10.2 Å². The predicted molar refractivity (Wildman–Crippen MR) is 165 cm³/mol. The quantitative estimate of drug-likeness (QED) is 0.231. The van der Waals surface area contributed by atoms with E-state index in [-0.39, 0.29) is 17.3 Å². The molecule has 0 radical (unpaired) electrons. The van der Waals surface area contributed by atoms with E-state index in [0.717, 1.165) is 14.3 Å². The summed E-state index contributed by atoms with van der Waals surface area (Å²) < 4.78 is 29.6. The summed E-state index contributed by atoms with van der Waals surface area (Å²) in [6.45, 7) is 3.57. The lowest BCUT2D eigenvalue weighted by Gasteiger charge is -2.33. The third-order valence-electron chi connectivity index (χ3n) is 6.05. The molecule has 0 aliphatic rings. The average Bonchev–Trinajstić information content (AvgIpc) is 2.92. The minimum Gasteiger partial charge on any atom is -0.354 e. The number of carbonyl (C=O) groups excluding carboxylic acids is 2. The molecule has 0 heterocycles. The second kappa shape index (κ2) is 14.3. The third kappa shape index (κ3) is 7.87. The van der Waals surface area contributed by atoms with E-state index in [2.05, 4.69) is 27.9 Å². The van der Waals surface area contributed by atoms with Crippen LogP contribution >= 0.6 is 45.8 Å². The van der Waals surface area contributed by atoms with Crippen molar-refractivity contribution in [1.82, 2.24) is 10.2 Å². The van der Waals surface area contributed by atoms with Crippen LogP contribution in [-0.4, -0.2) is 44.3 Å². The van der Waals surface area contributed by atoms with Gasteiger partial charge in [0.05, 0.1) is 10.6 Å². The van der Waals surface area contributed by atoms with Crippen molar-refractivity contribution in [3.05, 3.63) is 92.0 Å². The molecule has 0 aromatic heterocycles. The van der Waals surface area contributed by atoms with Crippen LogP contribution in [0.2, 0.25) is 10.0 Å². The summed E-state index contributed by atoms with van der Waals surface area (Å²) in [5.41, 5.74) is 0.800. The number of anilines is 1. The van der Waals surface area contributed by atoms with Crippen molar-refractivity contribution in [3.8, 4) is 0 Å². The summed E-state index contributed by atoms with van der Waals surface area (Å²) in [5.74, 6) is -0.898. The number of amides is 2. The number of sulfonamides is 1. The maximum Gasteiger partial charge on any atom is 0.264 e. The first kappa shape index (κ1) is 31.2. The van der Waals surface area contributed by atoms with E-state index in [1.54, 1.807) is 67.6 Å². The average molecular weight is 702 g/mol. The second-order valence-electron chi connectivity index (χ2n) is 8.74. The van der Waals surface area contributed by atoms with Crippen LogP contribution in [0.25, 0.3) is 0 Å². The molecular weight excluding hydrogens is 672 g/mol. The van der Waals surface area contributed by atoms with Gasteiger partial charge in [0.1, 0.15) is 12.6 Å². The normalized spacial score (nSPS) is 12.0. The number of nitrogens with one attached hydrogen (secondary N) is 1. The maximum atomic E-state index is 14.0. The number of hydrogen-bond donors (Lipinski definition) is 1. The molecule has 208 valence electrons. The molecule has 3 rings (SSSR count). The van der Waals surface area contributed by atoms with Gasteiger partial charge in [0.25, 0.3) is 10.0 Å². The fourth-order valence-corrected chi connectivity index (χ4v) is 6.31. The van der Waals surface area contributed by atoms with E-state index in [1.807, 2.05) is 6.92 Å². The predicted octanol–water partition coefficient (Wildman–Crippen LogP) is 6.13. The van der Waals surface area contributed by atoms with Crippen LogP contribution in [0.5, 0.6) is 0 Å². The van der Waals surface area contributed by atoms with Crippen LogP contribution in [-0.2, 0) is 26.2 Å². The monoisotopic (exact) mass is 701 g/mol. The summed E-state index contributed by atoms with van der Waals surface area (Å²) in [5, 5.41) is 3.54. The van der Waals surface area contributed by atoms with Crippen LogP contribution in [0.15, 0.2) is 77.7 Å². The van der Waals surface area contributed by atoms with Crippen molar-refractivity contribution >= 4 is 73.3 Å². The molecule has 0 saturated carbocycles. The lowest BCUT2D eigenvalue weighted by molar-refractivity contribution is -0.140. The van der Waals surface area contributed by atoms with Crippen LogP contribution in [0.3, 0.4) is 0 Å². The zero-order valence-corrected chi connectivity index (χ0v) is 26.1. The molecule has 11 heteroatoms. The molecule has 3 aromatic rings. The third-order valence-corrected chi connectivity index (χ3v) is 9.27. The van der Waals surface area contributed by atoms with Crippen molar-refractivity contribution in [2.75, 3.05) is 17.4 Å². The first-order valence-electron chi connectivity index (χ1n) is 12.4. The van der Waals surface area contributed by atoms with Crippen LogP contribution in [0.1, 0.15) is 32.3 Å². The zero-order chi connectivity index (χ0) is 28.6. The molecule has 0 aliphatic carbocycles. The molecule has 3 aromatic carbocycles. The number of carbonyl (C=O) groups is 2. The molecule has 39 heavy (non-hydrogen) atoms. The second-order valence-corrected chi connectivity index (χ2v) is 12.7. The Labute approximate surface area is 253 Å². The van der Waals surface area contributed by atoms with Gasteiger partial charge in [-0.15, -0.1) is 0 Å². The highest BCUT2D eigenvalue weighted by molar-refractivity contribution is 14.1. The number of hydrogen-bond acceptors (Lipinski definition) is 4. The minimum absolute atomic E-state index is 0.0461. The molecule has 0 saturated heterocycles. The fraction of sp³-hybridized carbons (Fsp3) is 0.286. The van der Waals surface area contributed by atoms with Gasteiger partial charge in [-0.3, -0.25) is 13.9 Å². The van der Waals surface area contributed by atoms with Crippen molar-refractivity contribution in [1.29, 1.82) is 0 Å². The van der Waals surface area contributed by atoms with Gasteiger partial charge in [-0.1, -0.05) is 61.3 Å². The van der Waals surface area contributed by atoms with E-state index >= 15 is 0 Å². The summed E-state index contributed by atoms with van der Waals surface area (Å²) in [6, 6.07) is 18.9. The Morgan fingerprint density at radius 3 is 2.10 bits per heavy atom. The first-order chi connectivity index (χ1) is 18.6. The van der Waals surface area contributed by atoms with Gasteiger partial charge in [0.15, 0.2) is 0 Å². The standard InChI is InChI=1S/C28H30Cl2IN3O4S/c1-3-17-32-28(36)26(4-2)33(18-23-24(29)11-8-12-25(23)30)27(35)19-34(21-15-13-20(31)14-16-21)39(37,38)22-9-6-5-7-10-22/h5-16,26H,3-4,17-19H2,1-2H3,(H,32,36)/t26-/m0/s1. The van der Waals surface area contributed by atoms with Crippen molar-refractivity contribution in [3.63, 3.8) is 0 Å². The lowest BCUT2D eigenvalue weighted by atomic mass is 10.1. The Balaban J connectivity index is 2.07. The number of benzene rings is 3. The molecule has 0 unspecified atom stereocenters. The van der Waals surface area contributed by atoms with E-state index in [4.69, 9.17) is 23.2 Å². The number of halogens is 3. The smallest absolute Gasteiger partial charge is 0.264 e. The van der Waals surface area contributed by atoms with Crippen molar-refractivity contribution in [2.45, 2.75) is 44.2 Å². The largest absolute Gasteiger partial charge is 0.354 e. The van der Waals surface area contributed by atoms with Gasteiger partial charge >= 0.3 is 0 Å². The summed E-state index contributed by atoms with van der Waals surface area (Å²) in [4.78, 5) is 28.6. The van der Waals surface area contributed by atoms with Crippen molar-refractivity contribution in [2.24, 2.45) is 0 Å². The van der Waals surface area contributed by atoms with Gasteiger partial charge in [-0.05, 0) is 84.0 Å². The van der Waals surface area contributed by atoms with E-state index in [1.165, 1.54) is 17.0 Å². The fourth-order valence-electron chi connectivity index (χ4n) is 4.00. The summed E-state index contributed by atoms with van der Waals surface area (Å²) in [6.07, 6.45) is 1.03. The summed E-state index contributed by atoms with van der Waals surface area (Å²) in [7, 11) is -4.12. The van der Waals surface area contributed by atoms with Crippen LogP contribution in [0, 0.1) is 3.57 Å². The molecule has 7 nitrogen and oxygen atoms in total. The molecule has 0 bridgehead atoms. The molecule has 1 atom stereocenters. The van der Waals surface area contributed by atoms with Gasteiger partial charge in [-0.25, -0.2) is 8.42 Å². The Morgan fingerprint density at radius 1 is 0.923 bits per heavy atom. The molecule has 1 N–H and O–H groups in total. The first-order valence-corrected chi connectivity index (χ1v) is 15.7. The molecule has 0 aliphatic heterocycles. The molecule has 2 amide bonds. The Bertz CT molecular complexity index is 1370. The zero-order valence-electron chi connectivity index (χ0n) is 21.6. The highest BCUT2D eigenvalue weighted by Gasteiger charge is 2.34. The van der Waals surface area contributed by atoms with Crippen LogP contribution in [0.4, 0.5) is 5.69 Å². The highest BCUT2D eigenvalue weighted by Crippen LogP contribution is 2.29. The lowest BCUT2D eigenvalue weighted by Crippen LogP contribution is -2.52. The number of rotatable bonds is 12.